The Kier molecular flexibility index (Phi) is 5.18. The predicted molar refractivity (Wildman–Crippen MR) is 105 cm³/mol. The van der Waals surface area contributed by atoms with E-state index in [2.05, 4.69) is 27.0 Å². The lowest BCUT2D eigenvalue weighted by Gasteiger charge is -2.31. The summed E-state index contributed by atoms with van der Waals surface area (Å²) in [5.41, 5.74) is 3.18. The van der Waals surface area contributed by atoms with Gasteiger partial charge in [0.2, 0.25) is 5.91 Å². The number of nitrogens with zero attached hydrogens (tertiary/aromatic N) is 1. The number of anilines is 1. The first-order valence-corrected chi connectivity index (χ1v) is 9.90. The van der Waals surface area contributed by atoms with Crippen LogP contribution in [0.3, 0.4) is 0 Å². The fourth-order valence-electron chi connectivity index (χ4n) is 3.46. The molecule has 2 aromatic heterocycles. The lowest BCUT2D eigenvalue weighted by Crippen LogP contribution is -2.40. The molecule has 0 saturated carbocycles. The van der Waals surface area contributed by atoms with Crippen molar-refractivity contribution in [3.63, 3.8) is 0 Å². The van der Waals surface area contributed by atoms with Gasteiger partial charge in [0.05, 0.1) is 12.2 Å². The van der Waals surface area contributed by atoms with Gasteiger partial charge in [-0.15, -0.1) is 0 Å². The topological polar surface area (TPSA) is 45.5 Å². The molecule has 0 spiro atoms. The molecule has 0 unspecified atom stereocenters. The van der Waals surface area contributed by atoms with Crippen molar-refractivity contribution in [2.24, 2.45) is 5.92 Å². The van der Waals surface area contributed by atoms with Gasteiger partial charge < -0.3 is 9.73 Å². The number of hydrogen-bond acceptors (Lipinski definition) is 4. The second kappa shape index (κ2) is 7.89. The zero-order chi connectivity index (χ0) is 17.8. The van der Waals surface area contributed by atoms with Crippen LogP contribution in [0.2, 0.25) is 0 Å². The molecule has 3 heterocycles. The number of furan rings is 1. The second-order valence-electron chi connectivity index (χ2n) is 6.75. The molecular formula is C21H22N2O2S. The van der Waals surface area contributed by atoms with E-state index in [1.165, 1.54) is 5.56 Å². The Labute approximate surface area is 157 Å². The lowest BCUT2D eigenvalue weighted by molar-refractivity contribution is -0.121. The highest BCUT2D eigenvalue weighted by Gasteiger charge is 2.25. The minimum absolute atomic E-state index is 0.0483. The van der Waals surface area contributed by atoms with Gasteiger partial charge in [-0.1, -0.05) is 0 Å². The Morgan fingerprint density at radius 1 is 1.23 bits per heavy atom. The third kappa shape index (κ3) is 4.06. The van der Waals surface area contributed by atoms with E-state index in [-0.39, 0.29) is 11.8 Å². The van der Waals surface area contributed by atoms with Crippen LogP contribution in [0, 0.1) is 5.92 Å². The molecule has 0 bridgehead atoms. The Balaban J connectivity index is 1.35. The minimum Gasteiger partial charge on any atom is -0.464 e. The number of thiophene rings is 1. The van der Waals surface area contributed by atoms with E-state index >= 15 is 0 Å². The van der Waals surface area contributed by atoms with Crippen LogP contribution in [-0.4, -0.2) is 23.9 Å². The average Bonchev–Trinajstić information content (AvgIpc) is 3.36. The van der Waals surface area contributed by atoms with Crippen molar-refractivity contribution in [1.82, 2.24) is 4.90 Å². The summed E-state index contributed by atoms with van der Waals surface area (Å²) in [4.78, 5) is 15.1. The Bertz CT molecular complexity index is 826. The molecule has 1 saturated heterocycles. The fraction of sp³-hybridized carbons (Fsp3) is 0.286. The molecule has 5 heteroatoms. The van der Waals surface area contributed by atoms with Crippen LogP contribution in [0.25, 0.3) is 11.3 Å². The van der Waals surface area contributed by atoms with Crippen molar-refractivity contribution in [1.29, 1.82) is 0 Å². The Morgan fingerprint density at radius 2 is 2.12 bits per heavy atom. The number of carbonyl (C=O) groups excluding carboxylic acids is 1. The van der Waals surface area contributed by atoms with Gasteiger partial charge in [0.25, 0.3) is 0 Å². The monoisotopic (exact) mass is 366 g/mol. The number of carbonyl (C=O) groups is 1. The molecule has 1 aliphatic heterocycles. The molecule has 0 radical (unpaired) electrons. The summed E-state index contributed by atoms with van der Waals surface area (Å²) < 4.78 is 5.40. The van der Waals surface area contributed by atoms with E-state index in [9.17, 15) is 4.79 Å². The van der Waals surface area contributed by atoms with Crippen molar-refractivity contribution in [3.8, 4) is 11.3 Å². The van der Waals surface area contributed by atoms with Crippen LogP contribution in [0.4, 0.5) is 5.69 Å². The number of benzene rings is 1. The van der Waals surface area contributed by atoms with E-state index in [4.69, 9.17) is 4.42 Å². The van der Waals surface area contributed by atoms with Crippen LogP contribution in [-0.2, 0) is 11.3 Å². The first-order valence-electron chi connectivity index (χ1n) is 8.96. The summed E-state index contributed by atoms with van der Waals surface area (Å²) in [6.07, 6.45) is 3.69. The molecule has 3 aromatic rings. The number of rotatable bonds is 5. The summed E-state index contributed by atoms with van der Waals surface area (Å²) in [5.74, 6) is 0.997. The number of likely N-dealkylation sites (tertiary alicyclic amines) is 1. The highest BCUT2D eigenvalue weighted by atomic mass is 32.1. The Hall–Kier alpha value is -2.37. The number of nitrogens with one attached hydrogen (secondary N) is 1. The van der Waals surface area contributed by atoms with E-state index < -0.39 is 0 Å². The van der Waals surface area contributed by atoms with Crippen molar-refractivity contribution in [2.75, 3.05) is 18.4 Å². The highest BCUT2D eigenvalue weighted by molar-refractivity contribution is 7.07. The third-order valence-electron chi connectivity index (χ3n) is 4.82. The fourth-order valence-corrected chi connectivity index (χ4v) is 4.12. The lowest BCUT2D eigenvalue weighted by atomic mass is 9.96. The van der Waals surface area contributed by atoms with E-state index in [0.717, 1.165) is 49.5 Å². The van der Waals surface area contributed by atoms with Crippen LogP contribution in [0.15, 0.2) is 63.9 Å². The van der Waals surface area contributed by atoms with Crippen LogP contribution >= 0.6 is 11.3 Å². The minimum atomic E-state index is 0.0483. The summed E-state index contributed by atoms with van der Waals surface area (Å²) in [6, 6.07) is 13.8. The van der Waals surface area contributed by atoms with E-state index in [1.807, 2.05) is 36.4 Å². The SMILES string of the molecule is O=C(Nc1ccc(-c2ccco2)cc1)[C@H]1CCCN(Cc2ccsc2)C1. The van der Waals surface area contributed by atoms with Gasteiger partial charge in [-0.2, -0.15) is 11.3 Å². The molecular weight excluding hydrogens is 344 g/mol. The first-order chi connectivity index (χ1) is 12.8. The molecule has 0 aliphatic carbocycles. The van der Waals surface area contributed by atoms with E-state index in [1.54, 1.807) is 17.6 Å². The van der Waals surface area contributed by atoms with Gasteiger partial charge >= 0.3 is 0 Å². The molecule has 1 atom stereocenters. The molecule has 1 amide bonds. The van der Waals surface area contributed by atoms with Gasteiger partial charge in [-0.05, 0) is 78.2 Å². The summed E-state index contributed by atoms with van der Waals surface area (Å²) >= 11 is 1.72. The summed E-state index contributed by atoms with van der Waals surface area (Å²) in [5, 5.41) is 7.36. The molecule has 26 heavy (non-hydrogen) atoms. The molecule has 1 aliphatic rings. The maximum absolute atomic E-state index is 12.7. The molecule has 1 fully saturated rings. The maximum atomic E-state index is 12.7. The second-order valence-corrected chi connectivity index (χ2v) is 7.53. The zero-order valence-corrected chi connectivity index (χ0v) is 15.4. The van der Waals surface area contributed by atoms with Crippen molar-refractivity contribution in [2.45, 2.75) is 19.4 Å². The van der Waals surface area contributed by atoms with Gasteiger partial charge in [-0.3, -0.25) is 9.69 Å². The molecule has 4 nitrogen and oxygen atoms in total. The largest absolute Gasteiger partial charge is 0.464 e. The third-order valence-corrected chi connectivity index (χ3v) is 5.55. The van der Waals surface area contributed by atoms with Crippen LogP contribution in [0.5, 0.6) is 0 Å². The predicted octanol–water partition coefficient (Wildman–Crippen LogP) is 4.86. The first kappa shape index (κ1) is 17.1. The Morgan fingerprint density at radius 3 is 2.85 bits per heavy atom. The van der Waals surface area contributed by atoms with Crippen molar-refractivity contribution >= 4 is 22.9 Å². The molecule has 1 N–H and O–H groups in total. The van der Waals surface area contributed by atoms with Gasteiger partial charge in [-0.25, -0.2) is 0 Å². The summed E-state index contributed by atoms with van der Waals surface area (Å²) in [7, 11) is 0. The zero-order valence-electron chi connectivity index (χ0n) is 14.6. The highest BCUT2D eigenvalue weighted by Crippen LogP contribution is 2.24. The molecule has 134 valence electrons. The maximum Gasteiger partial charge on any atom is 0.228 e. The normalized spacial score (nSPS) is 17.9. The molecule has 1 aromatic carbocycles. The van der Waals surface area contributed by atoms with Crippen LogP contribution in [0.1, 0.15) is 18.4 Å². The number of piperidine rings is 1. The average molecular weight is 366 g/mol. The van der Waals surface area contributed by atoms with Gasteiger partial charge in [0.15, 0.2) is 0 Å². The number of amides is 1. The van der Waals surface area contributed by atoms with Crippen molar-refractivity contribution in [3.05, 3.63) is 65.1 Å². The number of hydrogen-bond donors (Lipinski definition) is 1. The molecule has 4 rings (SSSR count). The van der Waals surface area contributed by atoms with Gasteiger partial charge in [0, 0.05) is 24.3 Å². The quantitative estimate of drug-likeness (QED) is 0.701. The standard InChI is InChI=1S/C21H22N2O2S/c24-21(18-3-1-10-23(14-18)13-16-9-12-26-15-16)22-19-7-5-17(6-8-19)20-4-2-11-25-20/h2,4-9,11-12,15,18H,1,3,10,13-14H2,(H,22,24)/t18-/m0/s1. The van der Waals surface area contributed by atoms with Crippen molar-refractivity contribution < 1.29 is 9.21 Å². The van der Waals surface area contributed by atoms with E-state index in [0.29, 0.717) is 0 Å². The van der Waals surface area contributed by atoms with Gasteiger partial charge in [0.1, 0.15) is 5.76 Å². The van der Waals surface area contributed by atoms with Crippen LogP contribution < -0.4 is 5.32 Å². The smallest absolute Gasteiger partial charge is 0.228 e. The summed E-state index contributed by atoms with van der Waals surface area (Å²) in [6.45, 7) is 2.83.